The van der Waals surface area contributed by atoms with Gasteiger partial charge < -0.3 is 14.8 Å². The standard InChI is InChI=1S/C16H32N4/c1-13(2)11-17-16-18-15(5)12-20(16)10-8-7-9-19(6)14(3)4/h12-14H,7-11H2,1-6H3,(H,17,18). The summed E-state index contributed by atoms with van der Waals surface area (Å²) in [6, 6.07) is 0.633. The maximum atomic E-state index is 4.57. The minimum atomic E-state index is 0.633. The van der Waals surface area contributed by atoms with Gasteiger partial charge in [-0.25, -0.2) is 4.98 Å². The Bertz CT molecular complexity index is 382. The molecule has 0 radical (unpaired) electrons. The number of hydrogen-bond donors (Lipinski definition) is 1. The summed E-state index contributed by atoms with van der Waals surface area (Å²) in [6.07, 6.45) is 4.58. The molecule has 0 amide bonds. The average molecular weight is 280 g/mol. The summed E-state index contributed by atoms with van der Waals surface area (Å²) >= 11 is 0. The van der Waals surface area contributed by atoms with E-state index in [1.165, 1.54) is 19.4 Å². The van der Waals surface area contributed by atoms with E-state index in [0.717, 1.165) is 24.7 Å². The van der Waals surface area contributed by atoms with Crippen molar-refractivity contribution in [1.82, 2.24) is 14.5 Å². The minimum absolute atomic E-state index is 0.633. The third kappa shape index (κ3) is 5.95. The Morgan fingerprint density at radius 3 is 2.55 bits per heavy atom. The third-order valence-corrected chi connectivity index (χ3v) is 3.61. The molecule has 0 aliphatic carbocycles. The molecular weight excluding hydrogens is 248 g/mol. The highest BCUT2D eigenvalue weighted by atomic mass is 15.2. The van der Waals surface area contributed by atoms with Crippen LogP contribution >= 0.6 is 0 Å². The van der Waals surface area contributed by atoms with Crippen molar-refractivity contribution >= 4 is 5.95 Å². The number of unbranched alkanes of at least 4 members (excludes halogenated alkanes) is 1. The summed E-state index contributed by atoms with van der Waals surface area (Å²) in [6.45, 7) is 14.2. The Hall–Kier alpha value is -1.03. The lowest BCUT2D eigenvalue weighted by atomic mass is 10.2. The predicted octanol–water partition coefficient (Wildman–Crippen LogP) is 3.38. The molecule has 116 valence electrons. The molecule has 1 N–H and O–H groups in total. The van der Waals surface area contributed by atoms with Crippen molar-refractivity contribution in [3.63, 3.8) is 0 Å². The summed E-state index contributed by atoms with van der Waals surface area (Å²) in [5.74, 6) is 1.66. The summed E-state index contributed by atoms with van der Waals surface area (Å²) in [5.41, 5.74) is 1.09. The number of nitrogens with zero attached hydrogens (tertiary/aromatic N) is 3. The molecular formula is C16H32N4. The maximum absolute atomic E-state index is 4.57. The van der Waals surface area contributed by atoms with E-state index in [2.05, 4.69) is 67.6 Å². The SMILES string of the molecule is Cc1cn(CCCCN(C)C(C)C)c(NCC(C)C)n1. The number of anilines is 1. The van der Waals surface area contributed by atoms with Gasteiger partial charge in [-0.1, -0.05) is 13.8 Å². The molecule has 0 aromatic carbocycles. The fourth-order valence-corrected chi connectivity index (χ4v) is 2.06. The Labute approximate surface area is 124 Å². The van der Waals surface area contributed by atoms with E-state index < -0.39 is 0 Å². The van der Waals surface area contributed by atoms with Gasteiger partial charge in [-0.3, -0.25) is 0 Å². The first-order valence-electron chi connectivity index (χ1n) is 7.88. The first-order chi connectivity index (χ1) is 9.40. The van der Waals surface area contributed by atoms with Crippen molar-refractivity contribution in [3.05, 3.63) is 11.9 Å². The van der Waals surface area contributed by atoms with Gasteiger partial charge in [-0.05, 0) is 53.1 Å². The van der Waals surface area contributed by atoms with Crippen LogP contribution in [0.5, 0.6) is 0 Å². The van der Waals surface area contributed by atoms with Crippen molar-refractivity contribution in [3.8, 4) is 0 Å². The van der Waals surface area contributed by atoms with Gasteiger partial charge in [-0.2, -0.15) is 0 Å². The molecule has 0 aliphatic rings. The molecule has 0 bridgehead atoms. The van der Waals surface area contributed by atoms with E-state index in [1.807, 2.05) is 0 Å². The summed E-state index contributed by atoms with van der Waals surface area (Å²) in [4.78, 5) is 6.97. The van der Waals surface area contributed by atoms with Crippen LogP contribution in [0.3, 0.4) is 0 Å². The Kier molecular flexibility index (Phi) is 7.06. The molecule has 0 fully saturated rings. The second-order valence-corrected chi connectivity index (χ2v) is 6.46. The average Bonchev–Trinajstić information content (AvgIpc) is 2.72. The van der Waals surface area contributed by atoms with E-state index >= 15 is 0 Å². The largest absolute Gasteiger partial charge is 0.355 e. The molecule has 0 unspecified atom stereocenters. The van der Waals surface area contributed by atoms with E-state index in [-0.39, 0.29) is 0 Å². The molecule has 0 spiro atoms. The van der Waals surface area contributed by atoms with Gasteiger partial charge in [0.25, 0.3) is 0 Å². The number of rotatable bonds is 9. The Morgan fingerprint density at radius 2 is 1.95 bits per heavy atom. The monoisotopic (exact) mass is 280 g/mol. The summed E-state index contributed by atoms with van der Waals surface area (Å²) in [7, 11) is 2.20. The summed E-state index contributed by atoms with van der Waals surface area (Å²) < 4.78 is 2.26. The first kappa shape index (κ1) is 17.0. The molecule has 4 nitrogen and oxygen atoms in total. The zero-order chi connectivity index (χ0) is 15.1. The van der Waals surface area contributed by atoms with Crippen LogP contribution in [0.4, 0.5) is 5.95 Å². The highest BCUT2D eigenvalue weighted by Crippen LogP contribution is 2.11. The quantitative estimate of drug-likeness (QED) is 0.704. The molecule has 1 aromatic heterocycles. The molecule has 0 atom stereocenters. The van der Waals surface area contributed by atoms with Gasteiger partial charge in [0.2, 0.25) is 5.95 Å². The fourth-order valence-electron chi connectivity index (χ4n) is 2.06. The van der Waals surface area contributed by atoms with Crippen LogP contribution in [0.15, 0.2) is 6.20 Å². The van der Waals surface area contributed by atoms with E-state index in [1.54, 1.807) is 0 Å². The fraction of sp³-hybridized carbons (Fsp3) is 0.812. The molecule has 20 heavy (non-hydrogen) atoms. The lowest BCUT2D eigenvalue weighted by molar-refractivity contribution is 0.266. The highest BCUT2D eigenvalue weighted by Gasteiger charge is 2.06. The molecule has 0 saturated carbocycles. The van der Waals surface area contributed by atoms with Gasteiger partial charge in [0.05, 0.1) is 5.69 Å². The third-order valence-electron chi connectivity index (χ3n) is 3.61. The van der Waals surface area contributed by atoms with Crippen LogP contribution in [0, 0.1) is 12.8 Å². The molecule has 1 heterocycles. The molecule has 0 aliphatic heterocycles. The van der Waals surface area contributed by atoms with Crippen LogP contribution < -0.4 is 5.32 Å². The molecule has 1 rings (SSSR count). The Balaban J connectivity index is 2.39. The molecule has 4 heteroatoms. The maximum Gasteiger partial charge on any atom is 0.203 e. The zero-order valence-corrected chi connectivity index (χ0v) is 14.1. The molecule has 1 aromatic rings. The summed E-state index contributed by atoms with van der Waals surface area (Å²) in [5, 5.41) is 3.44. The van der Waals surface area contributed by atoms with Crippen molar-refractivity contribution in [2.45, 2.75) is 60.0 Å². The van der Waals surface area contributed by atoms with Crippen molar-refractivity contribution in [1.29, 1.82) is 0 Å². The lowest BCUT2D eigenvalue weighted by Gasteiger charge is -2.20. The number of imidazole rings is 1. The lowest BCUT2D eigenvalue weighted by Crippen LogP contribution is -2.27. The van der Waals surface area contributed by atoms with Crippen molar-refractivity contribution in [2.24, 2.45) is 5.92 Å². The van der Waals surface area contributed by atoms with E-state index in [4.69, 9.17) is 0 Å². The van der Waals surface area contributed by atoms with Crippen molar-refractivity contribution in [2.75, 3.05) is 25.5 Å². The zero-order valence-electron chi connectivity index (χ0n) is 14.1. The highest BCUT2D eigenvalue weighted by molar-refractivity contribution is 5.28. The van der Waals surface area contributed by atoms with Gasteiger partial charge >= 0.3 is 0 Å². The second kappa shape index (κ2) is 8.30. The number of hydrogen-bond acceptors (Lipinski definition) is 3. The van der Waals surface area contributed by atoms with Crippen molar-refractivity contribution < 1.29 is 0 Å². The van der Waals surface area contributed by atoms with Crippen LogP contribution in [0.2, 0.25) is 0 Å². The van der Waals surface area contributed by atoms with Gasteiger partial charge in [0.15, 0.2) is 0 Å². The van der Waals surface area contributed by atoms with Crippen LogP contribution in [-0.2, 0) is 6.54 Å². The van der Waals surface area contributed by atoms with Gasteiger partial charge in [0.1, 0.15) is 0 Å². The Morgan fingerprint density at radius 1 is 1.25 bits per heavy atom. The van der Waals surface area contributed by atoms with Crippen LogP contribution in [0.25, 0.3) is 0 Å². The van der Waals surface area contributed by atoms with E-state index in [0.29, 0.717) is 12.0 Å². The molecule has 0 saturated heterocycles. The normalized spacial score (nSPS) is 11.8. The number of aromatic nitrogens is 2. The van der Waals surface area contributed by atoms with Crippen LogP contribution in [0.1, 0.15) is 46.2 Å². The number of nitrogens with one attached hydrogen (secondary N) is 1. The van der Waals surface area contributed by atoms with E-state index in [9.17, 15) is 0 Å². The minimum Gasteiger partial charge on any atom is -0.355 e. The predicted molar refractivity (Wildman–Crippen MR) is 87.3 cm³/mol. The van der Waals surface area contributed by atoms with Gasteiger partial charge in [-0.15, -0.1) is 0 Å². The van der Waals surface area contributed by atoms with Crippen LogP contribution in [-0.4, -0.2) is 40.6 Å². The number of aryl methyl sites for hydroxylation is 2. The smallest absolute Gasteiger partial charge is 0.203 e. The van der Waals surface area contributed by atoms with Gasteiger partial charge in [0, 0.05) is 25.3 Å². The second-order valence-electron chi connectivity index (χ2n) is 6.46. The topological polar surface area (TPSA) is 33.1 Å². The first-order valence-corrected chi connectivity index (χ1v) is 7.88.